The summed E-state index contributed by atoms with van der Waals surface area (Å²) in [6.45, 7) is 6.05. The zero-order chi connectivity index (χ0) is 12.1. The lowest BCUT2D eigenvalue weighted by Crippen LogP contribution is -2.20. The number of aromatic nitrogens is 1. The molecule has 1 aliphatic rings. The van der Waals surface area contributed by atoms with E-state index >= 15 is 0 Å². The quantitative estimate of drug-likeness (QED) is 0.891. The Kier molecular flexibility index (Phi) is 4.42. The van der Waals surface area contributed by atoms with Gasteiger partial charge in [0.1, 0.15) is 0 Å². The van der Waals surface area contributed by atoms with Crippen molar-refractivity contribution in [1.82, 2.24) is 10.3 Å². The molecule has 0 bridgehead atoms. The van der Waals surface area contributed by atoms with Crippen LogP contribution in [0.4, 0.5) is 0 Å². The summed E-state index contributed by atoms with van der Waals surface area (Å²) in [4.78, 5) is 8.89. The van der Waals surface area contributed by atoms with Gasteiger partial charge in [0.05, 0.1) is 18.8 Å². The van der Waals surface area contributed by atoms with Crippen LogP contribution in [0, 0.1) is 6.92 Å². The number of hydrogen-bond donors (Lipinski definition) is 1. The number of aliphatic imine (C=N–C) groups is 1. The molecule has 17 heavy (non-hydrogen) atoms. The van der Waals surface area contributed by atoms with E-state index in [-0.39, 0.29) is 0 Å². The van der Waals surface area contributed by atoms with Gasteiger partial charge in [0.2, 0.25) is 0 Å². The van der Waals surface area contributed by atoms with Gasteiger partial charge in [-0.15, -0.1) is 0 Å². The molecule has 3 nitrogen and oxygen atoms in total. The summed E-state index contributed by atoms with van der Waals surface area (Å²) in [7, 11) is 0. The lowest BCUT2D eigenvalue weighted by molar-refractivity contribution is 0.753. The first kappa shape index (κ1) is 12.4. The molecule has 0 amide bonds. The second-order valence-electron chi connectivity index (χ2n) is 4.29. The van der Waals surface area contributed by atoms with Gasteiger partial charge >= 0.3 is 0 Å². The largest absolute Gasteiger partial charge is 0.359 e. The van der Waals surface area contributed by atoms with Gasteiger partial charge in [0.15, 0.2) is 5.17 Å². The second-order valence-corrected chi connectivity index (χ2v) is 5.58. The van der Waals surface area contributed by atoms with E-state index in [9.17, 15) is 0 Å². The topological polar surface area (TPSA) is 37.3 Å². The van der Waals surface area contributed by atoms with Crippen molar-refractivity contribution >= 4 is 16.9 Å². The van der Waals surface area contributed by atoms with E-state index in [0.29, 0.717) is 5.25 Å². The van der Waals surface area contributed by atoms with Crippen molar-refractivity contribution in [2.45, 2.75) is 38.5 Å². The summed E-state index contributed by atoms with van der Waals surface area (Å²) in [6.07, 6.45) is 4.33. The van der Waals surface area contributed by atoms with Crippen molar-refractivity contribution in [2.75, 3.05) is 6.54 Å². The maximum atomic E-state index is 4.52. The van der Waals surface area contributed by atoms with Crippen molar-refractivity contribution in [3.63, 3.8) is 0 Å². The van der Waals surface area contributed by atoms with Crippen LogP contribution >= 0.6 is 11.8 Å². The van der Waals surface area contributed by atoms with Crippen LogP contribution in [-0.4, -0.2) is 21.9 Å². The Hall–Kier alpha value is -1.03. The van der Waals surface area contributed by atoms with E-state index in [4.69, 9.17) is 0 Å². The minimum atomic E-state index is 0.673. The van der Waals surface area contributed by atoms with Crippen LogP contribution in [0.2, 0.25) is 0 Å². The highest BCUT2D eigenvalue weighted by molar-refractivity contribution is 8.14. The fourth-order valence-electron chi connectivity index (χ4n) is 1.85. The zero-order valence-electron chi connectivity index (χ0n) is 10.4. The summed E-state index contributed by atoms with van der Waals surface area (Å²) in [5.74, 6) is 0. The molecule has 0 aliphatic carbocycles. The van der Waals surface area contributed by atoms with Gasteiger partial charge in [-0.05, 0) is 25.0 Å². The predicted octanol–water partition coefficient (Wildman–Crippen LogP) is 2.75. The molecule has 92 valence electrons. The van der Waals surface area contributed by atoms with Gasteiger partial charge in [0.25, 0.3) is 0 Å². The highest BCUT2D eigenvalue weighted by atomic mass is 32.2. The maximum absolute atomic E-state index is 4.52. The number of pyridine rings is 1. The van der Waals surface area contributed by atoms with Crippen molar-refractivity contribution in [2.24, 2.45) is 4.99 Å². The van der Waals surface area contributed by atoms with E-state index in [1.807, 2.05) is 24.0 Å². The average molecular weight is 249 g/mol. The fourth-order valence-corrected chi connectivity index (χ4v) is 2.97. The van der Waals surface area contributed by atoms with Crippen molar-refractivity contribution in [1.29, 1.82) is 0 Å². The van der Waals surface area contributed by atoms with Crippen LogP contribution in [0.5, 0.6) is 0 Å². The first-order valence-electron chi connectivity index (χ1n) is 6.15. The number of amidine groups is 1. The Balaban J connectivity index is 1.82. The average Bonchev–Trinajstić information content (AvgIpc) is 2.76. The summed E-state index contributed by atoms with van der Waals surface area (Å²) >= 11 is 1.87. The lowest BCUT2D eigenvalue weighted by Gasteiger charge is -2.08. The molecule has 0 aromatic carbocycles. The number of nitrogens with one attached hydrogen (secondary N) is 1. The van der Waals surface area contributed by atoms with E-state index in [1.54, 1.807) is 0 Å². The third-order valence-corrected chi connectivity index (χ3v) is 4.07. The van der Waals surface area contributed by atoms with Crippen LogP contribution in [0.3, 0.4) is 0 Å². The standard InChI is InChI=1S/C13H19N3S/c1-3-5-11-8-15-13(17-11)16-9-12-10(2)6-4-7-14-12/h4,6-7,11H,3,5,8-9H2,1-2H3,(H,15,16). The first-order valence-corrected chi connectivity index (χ1v) is 7.03. The predicted molar refractivity (Wildman–Crippen MR) is 74.4 cm³/mol. The Morgan fingerprint density at radius 2 is 2.41 bits per heavy atom. The SMILES string of the molecule is CCCC1CN=C(NCc2ncccc2C)S1. The molecular formula is C13H19N3S. The van der Waals surface area contributed by atoms with Crippen molar-refractivity contribution in [3.8, 4) is 0 Å². The minimum absolute atomic E-state index is 0.673. The second kappa shape index (κ2) is 6.05. The minimum Gasteiger partial charge on any atom is -0.359 e. The Morgan fingerprint density at radius 3 is 3.18 bits per heavy atom. The van der Waals surface area contributed by atoms with Crippen LogP contribution < -0.4 is 5.32 Å². The Labute approximate surface area is 107 Å². The van der Waals surface area contributed by atoms with E-state index in [2.05, 4.69) is 35.2 Å². The number of hydrogen-bond acceptors (Lipinski definition) is 4. The number of aryl methyl sites for hydroxylation is 1. The first-order chi connectivity index (χ1) is 8.29. The van der Waals surface area contributed by atoms with Gasteiger partial charge in [-0.2, -0.15) is 0 Å². The normalized spacial score (nSPS) is 19.2. The van der Waals surface area contributed by atoms with Gasteiger partial charge in [-0.3, -0.25) is 9.98 Å². The molecule has 0 spiro atoms. The molecule has 1 aliphatic heterocycles. The van der Waals surface area contributed by atoms with Gasteiger partial charge in [0, 0.05) is 11.4 Å². The molecule has 0 saturated carbocycles. The number of thioether (sulfide) groups is 1. The van der Waals surface area contributed by atoms with Crippen LogP contribution in [-0.2, 0) is 6.54 Å². The summed E-state index contributed by atoms with van der Waals surface area (Å²) in [5.41, 5.74) is 2.34. The van der Waals surface area contributed by atoms with E-state index in [1.165, 1.54) is 18.4 Å². The molecule has 1 unspecified atom stereocenters. The smallest absolute Gasteiger partial charge is 0.157 e. The van der Waals surface area contributed by atoms with Crippen LogP contribution in [0.15, 0.2) is 23.3 Å². The third kappa shape index (κ3) is 3.46. The van der Waals surface area contributed by atoms with Gasteiger partial charge in [-0.25, -0.2) is 0 Å². The fraction of sp³-hybridized carbons (Fsp3) is 0.538. The molecule has 2 heterocycles. The van der Waals surface area contributed by atoms with E-state index < -0.39 is 0 Å². The van der Waals surface area contributed by atoms with E-state index in [0.717, 1.165) is 24.0 Å². The van der Waals surface area contributed by atoms with Crippen molar-refractivity contribution in [3.05, 3.63) is 29.6 Å². The van der Waals surface area contributed by atoms with Crippen molar-refractivity contribution < 1.29 is 0 Å². The van der Waals surface area contributed by atoms with Crippen LogP contribution in [0.1, 0.15) is 31.0 Å². The van der Waals surface area contributed by atoms with Crippen LogP contribution in [0.25, 0.3) is 0 Å². The monoisotopic (exact) mass is 249 g/mol. The molecule has 1 aromatic heterocycles. The molecule has 0 radical (unpaired) electrons. The molecule has 2 rings (SSSR count). The highest BCUT2D eigenvalue weighted by Crippen LogP contribution is 2.23. The summed E-state index contributed by atoms with van der Waals surface area (Å²) in [5, 5.41) is 5.13. The summed E-state index contributed by atoms with van der Waals surface area (Å²) in [6, 6.07) is 4.06. The molecular weight excluding hydrogens is 230 g/mol. The summed E-state index contributed by atoms with van der Waals surface area (Å²) < 4.78 is 0. The lowest BCUT2D eigenvalue weighted by atomic mass is 10.2. The molecule has 0 fully saturated rings. The Morgan fingerprint density at radius 1 is 1.53 bits per heavy atom. The maximum Gasteiger partial charge on any atom is 0.157 e. The molecule has 1 atom stereocenters. The third-order valence-electron chi connectivity index (χ3n) is 2.85. The van der Waals surface area contributed by atoms with Gasteiger partial charge in [-0.1, -0.05) is 31.2 Å². The number of rotatable bonds is 4. The highest BCUT2D eigenvalue weighted by Gasteiger charge is 2.18. The number of nitrogens with zero attached hydrogens (tertiary/aromatic N) is 2. The molecule has 0 saturated heterocycles. The zero-order valence-corrected chi connectivity index (χ0v) is 11.3. The van der Waals surface area contributed by atoms with Gasteiger partial charge < -0.3 is 5.32 Å². The molecule has 1 N–H and O–H groups in total. The molecule has 1 aromatic rings. The Bertz CT molecular complexity index is 403. The molecule has 4 heteroatoms.